The van der Waals surface area contributed by atoms with Crippen molar-refractivity contribution < 1.29 is 13.3 Å². The van der Waals surface area contributed by atoms with Crippen molar-refractivity contribution in [3.05, 3.63) is 247 Å². The number of fused-ring (bicyclic) bond motifs is 8. The zero-order valence-electron chi connectivity index (χ0n) is 84.2. The van der Waals surface area contributed by atoms with Crippen molar-refractivity contribution in [2.75, 3.05) is 0 Å². The molecule has 0 atom stereocenters. The van der Waals surface area contributed by atoms with E-state index in [0.29, 0.717) is 0 Å². The molecule has 16 rings (SSSR count). The summed E-state index contributed by atoms with van der Waals surface area (Å²) in [6.45, 7) is 95.4. The topological polar surface area (TPSA) is 116 Å². The van der Waals surface area contributed by atoms with E-state index in [1.165, 1.54) is 272 Å². The van der Waals surface area contributed by atoms with E-state index in [0.717, 1.165) is 62.3 Å². The van der Waals surface area contributed by atoms with Crippen LogP contribution in [0.2, 0.25) is 0 Å². The minimum atomic E-state index is 0.746. The van der Waals surface area contributed by atoms with Crippen molar-refractivity contribution in [3.63, 3.8) is 0 Å². The Kier molecular flexibility index (Phi) is 27.6. The molecule has 0 bridgehead atoms. The molecule has 0 unspecified atom stereocenters. The molecule has 8 heterocycles. The number of oxazole rings is 3. The van der Waals surface area contributed by atoms with E-state index in [1.54, 1.807) is 0 Å². The van der Waals surface area contributed by atoms with Gasteiger partial charge in [-0.1, -0.05) is 0 Å². The third-order valence-electron chi connectivity index (χ3n) is 30.7. The number of hydrogen-bond donors (Lipinski definition) is 0. The maximum absolute atomic E-state index is 5.60. The monoisotopic (exact) mass is 1630 g/mol. The SMILES string of the molecule is Cc1c(C)c(C)c2c(c1C)c(C)c(C)n2C.Cc1c(C)c(C)c2c(c1C)c(C)c(C)n2C.Cc1c(C)c(C)c2c(c1C)c(C)c(C)n2C.Cc1c(C)c(C)c2c(c1C)c(C)c(C)n2C.Cc1c(C)c(C)c2c(nc(C)n2C)c1C.Cc1nc2c(C)c(C)c(C)c(C)c2o1.Cc1nc2c(C)c(C)c(C)c(C)c2o1.Cc1nc2c(C)c(C)c(C)c(C)c2o1. The standard InChI is InChI=1S/4C15H21N.C13H18N2.3C12H15NO/c4*1-8-9(2)11(4)15-14(10(8)3)12(5)13(6)16(15)7;1-7-8(2)10(4)13-12(9(7)3)14-11(5)15(13)6;3*1-6-7(2)9(4)12-11(8(6)3)13-10(5)14-12/h4*1-7H3;1-6H3;3*1-5H3. The number of nitrogens with zero attached hydrogens (tertiary/aromatic N) is 9. The van der Waals surface area contributed by atoms with E-state index < -0.39 is 0 Å². The van der Waals surface area contributed by atoms with E-state index in [1.807, 2.05) is 20.8 Å². The zero-order valence-corrected chi connectivity index (χ0v) is 84.2. The second-order valence-electron chi connectivity index (χ2n) is 36.1. The van der Waals surface area contributed by atoms with Crippen molar-refractivity contribution in [1.29, 1.82) is 0 Å². The molecule has 0 aliphatic rings. The molecule has 12 heteroatoms. The summed E-state index contributed by atoms with van der Waals surface area (Å²) in [6.07, 6.45) is 0. The summed E-state index contributed by atoms with van der Waals surface area (Å²) in [5.74, 6) is 3.32. The molecule has 0 fully saturated rings. The third kappa shape index (κ3) is 16.1. The third-order valence-corrected chi connectivity index (χ3v) is 30.7. The van der Waals surface area contributed by atoms with Gasteiger partial charge in [0.25, 0.3) is 0 Å². The molecule has 0 N–H and O–H groups in total. The molecule has 0 amide bonds. The van der Waals surface area contributed by atoms with Gasteiger partial charge >= 0.3 is 0 Å². The van der Waals surface area contributed by atoms with Crippen LogP contribution in [0.4, 0.5) is 0 Å². The average molecular weight is 1630 g/mol. The highest BCUT2D eigenvalue weighted by Gasteiger charge is 2.24. The summed E-state index contributed by atoms with van der Waals surface area (Å²) in [7, 11) is 10.8. The largest absolute Gasteiger partial charge is 0.441 e. The first-order valence-electron chi connectivity index (χ1n) is 43.5. The van der Waals surface area contributed by atoms with Crippen LogP contribution in [0.25, 0.3) is 87.9 Å². The van der Waals surface area contributed by atoms with Gasteiger partial charge < -0.3 is 36.1 Å². The van der Waals surface area contributed by atoms with E-state index in [2.05, 4.69) is 362 Å². The molecule has 646 valence electrons. The lowest BCUT2D eigenvalue weighted by atomic mass is 9.94. The lowest BCUT2D eigenvalue weighted by Crippen LogP contribution is -1.97. The minimum Gasteiger partial charge on any atom is -0.441 e. The second kappa shape index (κ2) is 35.3. The van der Waals surface area contributed by atoms with Crippen molar-refractivity contribution in [3.8, 4) is 0 Å². The fraction of sp³-hybridized carbons (Fsp3) is 0.450. The molecule has 0 aliphatic carbocycles. The average Bonchev–Trinajstić information content (AvgIpc) is 1.60. The number of benzene rings is 8. The fourth-order valence-corrected chi connectivity index (χ4v) is 18.8. The number of rotatable bonds is 0. The summed E-state index contributed by atoms with van der Waals surface area (Å²) in [4.78, 5) is 17.9. The molecule has 0 saturated carbocycles. The molecule has 12 nitrogen and oxygen atoms in total. The van der Waals surface area contributed by atoms with Gasteiger partial charge in [-0.05, 0) is 484 Å². The van der Waals surface area contributed by atoms with Gasteiger partial charge in [-0.3, -0.25) is 0 Å². The zero-order chi connectivity index (χ0) is 91.5. The Morgan fingerprint density at radius 2 is 0.314 bits per heavy atom. The second-order valence-corrected chi connectivity index (χ2v) is 36.1. The van der Waals surface area contributed by atoms with Crippen LogP contribution in [0.1, 0.15) is 247 Å². The molecule has 0 radical (unpaired) electrons. The van der Waals surface area contributed by atoms with Crippen LogP contribution in [0.15, 0.2) is 13.3 Å². The van der Waals surface area contributed by atoms with Crippen molar-refractivity contribution >= 4 is 87.9 Å². The maximum Gasteiger partial charge on any atom is 0.192 e. The van der Waals surface area contributed by atoms with Gasteiger partial charge in [0.1, 0.15) is 22.4 Å². The summed E-state index contributed by atoms with van der Waals surface area (Å²) in [5, 5.41) is 5.84. The minimum absolute atomic E-state index is 0.746. The smallest absolute Gasteiger partial charge is 0.192 e. The molecule has 0 aliphatic heterocycles. The highest BCUT2D eigenvalue weighted by atomic mass is 16.4. The van der Waals surface area contributed by atoms with Crippen LogP contribution in [0, 0.1) is 305 Å². The molecule has 8 aromatic carbocycles. The Bertz CT molecular complexity index is 5890. The van der Waals surface area contributed by atoms with Gasteiger partial charge in [-0.15, -0.1) is 0 Å². The van der Waals surface area contributed by atoms with Crippen LogP contribution in [-0.4, -0.2) is 42.8 Å². The highest BCUT2D eigenvalue weighted by Crippen LogP contribution is 2.41. The molecule has 8 aromatic heterocycles. The van der Waals surface area contributed by atoms with Crippen LogP contribution in [0.5, 0.6) is 0 Å². The van der Waals surface area contributed by atoms with Crippen LogP contribution in [-0.2, 0) is 35.2 Å². The lowest BCUT2D eigenvalue weighted by Gasteiger charge is -2.12. The molecule has 121 heavy (non-hydrogen) atoms. The van der Waals surface area contributed by atoms with Gasteiger partial charge in [-0.2, -0.15) is 0 Å². The maximum atomic E-state index is 5.60. The molecular weight excluding hydrogens is 1480 g/mol. The quantitative estimate of drug-likeness (QED) is 0.148. The Morgan fingerprint density at radius 3 is 0.521 bits per heavy atom. The fourth-order valence-electron chi connectivity index (χ4n) is 18.8. The molecular formula is C109H147N9O3. The van der Waals surface area contributed by atoms with Crippen molar-refractivity contribution in [2.45, 2.75) is 305 Å². The lowest BCUT2D eigenvalue weighted by molar-refractivity contribution is 0.558. The van der Waals surface area contributed by atoms with Gasteiger partial charge in [0, 0.05) is 100 Å². The first-order valence-corrected chi connectivity index (χ1v) is 43.5. The molecule has 0 saturated heterocycles. The van der Waals surface area contributed by atoms with Crippen molar-refractivity contribution in [1.82, 2.24) is 42.8 Å². The summed E-state index contributed by atoms with van der Waals surface area (Å²) in [5.41, 5.74) is 68.9. The number of hydrogen-bond acceptors (Lipinski definition) is 7. The summed E-state index contributed by atoms with van der Waals surface area (Å²) in [6, 6.07) is 0. The summed E-state index contributed by atoms with van der Waals surface area (Å²) >= 11 is 0. The number of aromatic nitrogens is 9. The van der Waals surface area contributed by atoms with E-state index in [9.17, 15) is 0 Å². The Morgan fingerprint density at radius 1 is 0.149 bits per heavy atom. The Labute approximate surface area is 726 Å². The highest BCUT2D eigenvalue weighted by molar-refractivity contribution is 5.97. The molecule has 16 aromatic rings. The predicted octanol–water partition coefficient (Wildman–Crippen LogP) is 29.3. The predicted molar refractivity (Wildman–Crippen MR) is 523 cm³/mol. The van der Waals surface area contributed by atoms with Gasteiger partial charge in [0.05, 0.1) is 33.1 Å². The van der Waals surface area contributed by atoms with Crippen LogP contribution >= 0.6 is 0 Å². The Hall–Kier alpha value is -10.2. The Balaban J connectivity index is 0.000000157. The van der Waals surface area contributed by atoms with Gasteiger partial charge in [-0.25, -0.2) is 19.9 Å². The van der Waals surface area contributed by atoms with Gasteiger partial charge in [0.15, 0.2) is 34.4 Å². The van der Waals surface area contributed by atoms with Crippen LogP contribution in [0.3, 0.4) is 0 Å². The van der Waals surface area contributed by atoms with E-state index in [-0.39, 0.29) is 0 Å². The number of aryl methyl sites for hydroxylation is 29. The normalized spacial score (nSPS) is 11.3. The number of imidazole rings is 1. The first-order chi connectivity index (χ1) is 56.0. The molecule has 0 spiro atoms. The van der Waals surface area contributed by atoms with Crippen LogP contribution < -0.4 is 0 Å². The van der Waals surface area contributed by atoms with E-state index in [4.69, 9.17) is 13.3 Å². The first kappa shape index (κ1) is 94.6. The van der Waals surface area contributed by atoms with E-state index >= 15 is 0 Å². The summed E-state index contributed by atoms with van der Waals surface area (Å²) < 4.78 is 28.3. The van der Waals surface area contributed by atoms with Gasteiger partial charge in [0.2, 0.25) is 0 Å². The van der Waals surface area contributed by atoms with Crippen molar-refractivity contribution in [2.24, 2.45) is 35.2 Å².